The molecule has 0 radical (unpaired) electrons. The predicted molar refractivity (Wildman–Crippen MR) is 68.1 cm³/mol. The second-order valence-electron chi connectivity index (χ2n) is 4.48. The van der Waals surface area contributed by atoms with Crippen LogP contribution in [0.2, 0.25) is 0 Å². The lowest BCUT2D eigenvalue weighted by atomic mass is 9.99. The number of aliphatic hydroxyl groups excluding tert-OH is 4. The highest BCUT2D eigenvalue weighted by molar-refractivity contribution is 5.46. The zero-order valence-electron chi connectivity index (χ0n) is 10.7. The van der Waals surface area contributed by atoms with E-state index in [1.807, 2.05) is 0 Å². The Labute approximate surface area is 117 Å². The standard InChI is InChI=1S/C10H16N4O7/c11-7-6(8(19)14-10(12)13-7)21-9-5(18)4(17)3(16)2(1-15)20-9/h2-5,9,15-18H,1H2,(H5,11,12,13,14,19). The van der Waals surface area contributed by atoms with Crippen molar-refractivity contribution in [1.29, 1.82) is 0 Å². The van der Waals surface area contributed by atoms with Gasteiger partial charge in [0.15, 0.2) is 5.82 Å². The van der Waals surface area contributed by atoms with Gasteiger partial charge in [-0.1, -0.05) is 0 Å². The van der Waals surface area contributed by atoms with Gasteiger partial charge in [0, 0.05) is 0 Å². The fraction of sp³-hybridized carbons (Fsp3) is 0.600. The van der Waals surface area contributed by atoms with Crippen LogP contribution in [0.15, 0.2) is 4.79 Å². The minimum atomic E-state index is -1.67. The SMILES string of the molecule is Nc1nc(N)c(OC2OC(CO)C(O)C(O)C2O)c(=O)[nH]1. The largest absolute Gasteiger partial charge is 0.452 e. The van der Waals surface area contributed by atoms with Crippen molar-refractivity contribution in [1.82, 2.24) is 9.97 Å². The van der Waals surface area contributed by atoms with Gasteiger partial charge in [-0.25, -0.2) is 0 Å². The summed E-state index contributed by atoms with van der Waals surface area (Å²) in [4.78, 5) is 17.4. The molecular formula is C10H16N4O7. The van der Waals surface area contributed by atoms with Crippen LogP contribution in [-0.4, -0.2) is 67.7 Å². The summed E-state index contributed by atoms with van der Waals surface area (Å²) in [6.07, 6.45) is -7.54. The third-order valence-electron chi connectivity index (χ3n) is 3.00. The van der Waals surface area contributed by atoms with Crippen molar-refractivity contribution >= 4 is 11.8 Å². The van der Waals surface area contributed by atoms with Gasteiger partial charge in [-0.05, 0) is 0 Å². The minimum absolute atomic E-state index is 0.223. The predicted octanol–water partition coefficient (Wildman–Crippen LogP) is -3.89. The van der Waals surface area contributed by atoms with Crippen LogP contribution in [0.3, 0.4) is 0 Å². The second kappa shape index (κ2) is 5.83. The molecule has 5 atom stereocenters. The smallest absolute Gasteiger partial charge is 0.297 e. The number of hydrogen-bond acceptors (Lipinski definition) is 10. The summed E-state index contributed by atoms with van der Waals surface area (Å²) in [5, 5.41) is 38.0. The van der Waals surface area contributed by atoms with E-state index in [1.165, 1.54) is 0 Å². The number of nitrogens with one attached hydrogen (secondary N) is 1. The van der Waals surface area contributed by atoms with Crippen LogP contribution < -0.4 is 21.8 Å². The van der Waals surface area contributed by atoms with Crippen molar-refractivity contribution in [3.63, 3.8) is 0 Å². The Morgan fingerprint density at radius 1 is 1.24 bits per heavy atom. The first-order valence-corrected chi connectivity index (χ1v) is 5.97. The number of ether oxygens (including phenoxy) is 2. The van der Waals surface area contributed by atoms with Crippen molar-refractivity contribution in [3.05, 3.63) is 10.4 Å². The van der Waals surface area contributed by atoms with Crippen molar-refractivity contribution in [2.75, 3.05) is 18.1 Å². The van der Waals surface area contributed by atoms with Gasteiger partial charge in [0.1, 0.15) is 24.4 Å². The van der Waals surface area contributed by atoms with Gasteiger partial charge in [-0.15, -0.1) is 0 Å². The molecule has 1 fully saturated rings. The number of anilines is 2. The lowest BCUT2D eigenvalue weighted by Gasteiger charge is -2.39. The monoisotopic (exact) mass is 304 g/mol. The van der Waals surface area contributed by atoms with Crippen LogP contribution in [0.5, 0.6) is 5.75 Å². The van der Waals surface area contributed by atoms with E-state index >= 15 is 0 Å². The Bertz CT molecular complexity index is 563. The number of aromatic nitrogens is 2. The lowest BCUT2D eigenvalue weighted by molar-refractivity contribution is -0.277. The molecule has 0 bridgehead atoms. The molecule has 1 aliphatic rings. The molecule has 9 N–H and O–H groups in total. The van der Waals surface area contributed by atoms with E-state index in [0.29, 0.717) is 0 Å². The summed E-state index contributed by atoms with van der Waals surface area (Å²) < 4.78 is 10.2. The maximum Gasteiger partial charge on any atom is 0.297 e. The molecule has 11 heteroatoms. The van der Waals surface area contributed by atoms with Crippen LogP contribution in [0.25, 0.3) is 0 Å². The molecule has 1 aromatic rings. The summed E-state index contributed by atoms with van der Waals surface area (Å²) in [7, 11) is 0. The highest BCUT2D eigenvalue weighted by Crippen LogP contribution is 2.24. The Kier molecular flexibility index (Phi) is 4.29. The number of nitrogen functional groups attached to an aromatic ring is 2. The maximum absolute atomic E-state index is 11.7. The Morgan fingerprint density at radius 2 is 1.90 bits per heavy atom. The molecule has 1 aliphatic heterocycles. The molecule has 1 saturated heterocycles. The molecule has 2 rings (SSSR count). The Morgan fingerprint density at radius 3 is 2.48 bits per heavy atom. The molecule has 11 nitrogen and oxygen atoms in total. The van der Waals surface area contributed by atoms with E-state index in [4.69, 9.17) is 26.0 Å². The van der Waals surface area contributed by atoms with E-state index in [9.17, 15) is 20.1 Å². The lowest BCUT2D eigenvalue weighted by Crippen LogP contribution is -2.60. The molecule has 0 aliphatic carbocycles. The molecule has 0 saturated carbocycles. The third-order valence-corrected chi connectivity index (χ3v) is 3.00. The first-order chi connectivity index (χ1) is 9.85. The Balaban J connectivity index is 2.25. The topological polar surface area (TPSA) is 197 Å². The van der Waals surface area contributed by atoms with Crippen molar-refractivity contribution in [3.8, 4) is 5.75 Å². The number of H-pyrrole nitrogens is 1. The molecule has 1 aromatic heterocycles. The fourth-order valence-electron chi connectivity index (χ4n) is 1.89. The van der Waals surface area contributed by atoms with Crippen LogP contribution in [0, 0.1) is 0 Å². The molecule has 5 unspecified atom stereocenters. The molecule has 21 heavy (non-hydrogen) atoms. The van der Waals surface area contributed by atoms with Crippen LogP contribution in [0.4, 0.5) is 11.8 Å². The van der Waals surface area contributed by atoms with Crippen LogP contribution in [0.1, 0.15) is 0 Å². The van der Waals surface area contributed by atoms with Crippen molar-refractivity contribution in [2.45, 2.75) is 30.7 Å². The van der Waals surface area contributed by atoms with Crippen molar-refractivity contribution < 1.29 is 29.9 Å². The number of hydrogen-bond donors (Lipinski definition) is 7. The molecule has 0 aromatic carbocycles. The number of nitrogens with zero attached hydrogens (tertiary/aromatic N) is 1. The number of aliphatic hydroxyl groups is 4. The first kappa shape index (κ1) is 15.5. The fourth-order valence-corrected chi connectivity index (χ4v) is 1.89. The molecule has 0 spiro atoms. The van der Waals surface area contributed by atoms with E-state index in [-0.39, 0.29) is 11.8 Å². The second-order valence-corrected chi connectivity index (χ2v) is 4.48. The number of rotatable bonds is 3. The van der Waals surface area contributed by atoms with Gasteiger partial charge in [0.2, 0.25) is 18.0 Å². The van der Waals surface area contributed by atoms with Crippen LogP contribution in [-0.2, 0) is 4.74 Å². The number of aromatic amines is 1. The zero-order chi connectivity index (χ0) is 15.7. The average Bonchev–Trinajstić information content (AvgIpc) is 2.42. The molecular weight excluding hydrogens is 288 g/mol. The normalized spacial score (nSPS) is 32.9. The zero-order valence-corrected chi connectivity index (χ0v) is 10.7. The molecule has 2 heterocycles. The highest BCUT2D eigenvalue weighted by Gasteiger charge is 2.45. The van der Waals surface area contributed by atoms with E-state index in [2.05, 4.69) is 9.97 Å². The van der Waals surface area contributed by atoms with Gasteiger partial charge in [-0.2, -0.15) is 4.98 Å². The van der Waals surface area contributed by atoms with Gasteiger partial charge in [-0.3, -0.25) is 9.78 Å². The van der Waals surface area contributed by atoms with Crippen molar-refractivity contribution in [2.24, 2.45) is 0 Å². The summed E-state index contributed by atoms with van der Waals surface area (Å²) in [6, 6.07) is 0. The Hall–Kier alpha value is -1.92. The van der Waals surface area contributed by atoms with Gasteiger partial charge >= 0.3 is 0 Å². The van der Waals surface area contributed by atoms with Gasteiger partial charge < -0.3 is 41.4 Å². The maximum atomic E-state index is 11.7. The number of nitrogens with two attached hydrogens (primary N) is 2. The summed E-state index contributed by atoms with van der Waals surface area (Å²) >= 11 is 0. The molecule has 0 amide bonds. The van der Waals surface area contributed by atoms with E-state index < -0.39 is 48.6 Å². The summed E-state index contributed by atoms with van der Waals surface area (Å²) in [6.45, 7) is -0.628. The van der Waals surface area contributed by atoms with E-state index in [1.54, 1.807) is 0 Å². The third kappa shape index (κ3) is 2.91. The summed E-state index contributed by atoms with van der Waals surface area (Å²) in [5.74, 6) is -1.03. The quantitative estimate of drug-likeness (QED) is 0.290. The van der Waals surface area contributed by atoms with Gasteiger partial charge in [0.05, 0.1) is 6.61 Å². The van der Waals surface area contributed by atoms with Gasteiger partial charge in [0.25, 0.3) is 5.56 Å². The van der Waals surface area contributed by atoms with E-state index in [0.717, 1.165) is 0 Å². The molecule has 118 valence electrons. The van der Waals surface area contributed by atoms with Crippen LogP contribution >= 0.6 is 0 Å². The first-order valence-electron chi connectivity index (χ1n) is 5.97. The average molecular weight is 304 g/mol. The minimum Gasteiger partial charge on any atom is -0.452 e. The highest BCUT2D eigenvalue weighted by atomic mass is 16.7. The summed E-state index contributed by atoms with van der Waals surface area (Å²) in [5.41, 5.74) is 9.95.